The molecule has 0 heterocycles. The molecule has 0 unspecified atom stereocenters. The predicted molar refractivity (Wildman–Crippen MR) is 77.8 cm³/mol. The molecule has 2 rings (SSSR count). The number of alkyl halides is 2. The van der Waals surface area contributed by atoms with E-state index in [4.69, 9.17) is 18.0 Å². The fourth-order valence-corrected chi connectivity index (χ4v) is 2.62. The van der Waals surface area contributed by atoms with Crippen LogP contribution in [-0.4, -0.2) is 16.8 Å². The Morgan fingerprint density at radius 3 is 2.52 bits per heavy atom. The second-order valence-corrected chi connectivity index (χ2v) is 5.59. The second kappa shape index (κ2) is 6.01. The van der Waals surface area contributed by atoms with Crippen LogP contribution in [0.4, 0.5) is 18.9 Å². The van der Waals surface area contributed by atoms with Crippen molar-refractivity contribution in [2.45, 2.75) is 31.6 Å². The van der Waals surface area contributed by atoms with Crippen molar-refractivity contribution in [3.8, 4) is 0 Å². The van der Waals surface area contributed by atoms with E-state index in [9.17, 15) is 18.0 Å². The monoisotopic (exact) mass is 316 g/mol. The number of halogens is 3. The molecular weight excluding hydrogens is 301 g/mol. The molecule has 0 radical (unpaired) electrons. The molecule has 0 saturated heterocycles. The number of nitrogens with two attached hydrogens (primary N) is 1. The van der Waals surface area contributed by atoms with E-state index in [-0.39, 0.29) is 41.9 Å². The highest BCUT2D eigenvalue weighted by molar-refractivity contribution is 7.80. The second-order valence-electron chi connectivity index (χ2n) is 5.15. The normalized spacial score (nSPS) is 18.2. The summed E-state index contributed by atoms with van der Waals surface area (Å²) < 4.78 is 39.8. The topological polar surface area (TPSA) is 55.1 Å². The average Bonchev–Trinajstić information content (AvgIpc) is 2.38. The van der Waals surface area contributed by atoms with E-state index in [1.54, 1.807) is 0 Å². The van der Waals surface area contributed by atoms with Gasteiger partial charge in [0.1, 0.15) is 10.8 Å². The van der Waals surface area contributed by atoms with Gasteiger partial charge in [-0.2, -0.15) is 0 Å². The zero-order valence-electron chi connectivity index (χ0n) is 11.2. The van der Waals surface area contributed by atoms with E-state index in [0.717, 1.165) is 0 Å². The Kier molecular flexibility index (Phi) is 4.51. The fourth-order valence-electron chi connectivity index (χ4n) is 2.42. The van der Waals surface area contributed by atoms with Gasteiger partial charge in [0.25, 0.3) is 0 Å². The number of hydrogen-bond donors (Lipinski definition) is 2. The third-order valence-corrected chi connectivity index (χ3v) is 3.81. The summed E-state index contributed by atoms with van der Waals surface area (Å²) in [6, 6.07) is 4.08. The van der Waals surface area contributed by atoms with Crippen molar-refractivity contribution >= 4 is 28.8 Å². The molecule has 1 aromatic rings. The third kappa shape index (κ3) is 3.72. The molecular formula is C14H15F3N2OS. The zero-order valence-corrected chi connectivity index (χ0v) is 12.0. The maximum atomic E-state index is 13.7. The minimum absolute atomic E-state index is 0.0398. The number of benzene rings is 1. The molecule has 0 atom stereocenters. The number of rotatable bonds is 3. The fraction of sp³-hybridized carbons (Fsp3) is 0.429. The van der Waals surface area contributed by atoms with E-state index in [2.05, 4.69) is 5.32 Å². The van der Waals surface area contributed by atoms with Crippen molar-refractivity contribution in [3.05, 3.63) is 29.6 Å². The average molecular weight is 316 g/mol. The van der Waals surface area contributed by atoms with Gasteiger partial charge in [-0.15, -0.1) is 0 Å². The van der Waals surface area contributed by atoms with Crippen molar-refractivity contribution in [3.63, 3.8) is 0 Å². The molecule has 114 valence electrons. The van der Waals surface area contributed by atoms with Gasteiger partial charge in [-0.25, -0.2) is 13.2 Å². The lowest BCUT2D eigenvalue weighted by Crippen LogP contribution is -2.32. The molecule has 1 saturated carbocycles. The highest BCUT2D eigenvalue weighted by Crippen LogP contribution is 2.36. The van der Waals surface area contributed by atoms with E-state index < -0.39 is 23.6 Å². The Morgan fingerprint density at radius 2 is 1.95 bits per heavy atom. The first-order chi connectivity index (χ1) is 9.80. The van der Waals surface area contributed by atoms with Crippen molar-refractivity contribution < 1.29 is 18.0 Å². The number of nitrogens with one attached hydrogen (secondary N) is 1. The number of anilines is 1. The summed E-state index contributed by atoms with van der Waals surface area (Å²) >= 11 is 4.76. The maximum absolute atomic E-state index is 13.7. The molecule has 1 amide bonds. The molecule has 1 fully saturated rings. The molecule has 1 aliphatic rings. The maximum Gasteiger partial charge on any atom is 0.248 e. The molecule has 0 aromatic heterocycles. The van der Waals surface area contributed by atoms with Gasteiger partial charge in [0.15, 0.2) is 0 Å². The van der Waals surface area contributed by atoms with Gasteiger partial charge in [-0.3, -0.25) is 4.79 Å². The summed E-state index contributed by atoms with van der Waals surface area (Å²) in [6.45, 7) is 0. The lowest BCUT2D eigenvalue weighted by atomic mass is 9.86. The molecule has 3 nitrogen and oxygen atoms in total. The quantitative estimate of drug-likeness (QED) is 0.842. The lowest BCUT2D eigenvalue weighted by molar-refractivity contribution is -0.124. The van der Waals surface area contributed by atoms with Gasteiger partial charge in [0.05, 0.1) is 11.3 Å². The summed E-state index contributed by atoms with van der Waals surface area (Å²) in [4.78, 5) is 11.9. The first-order valence-corrected chi connectivity index (χ1v) is 6.98. The molecule has 3 N–H and O–H groups in total. The molecule has 0 spiro atoms. The van der Waals surface area contributed by atoms with Gasteiger partial charge in [0, 0.05) is 18.8 Å². The van der Waals surface area contributed by atoms with Crippen molar-refractivity contribution in [2.75, 3.05) is 5.32 Å². The van der Waals surface area contributed by atoms with Crippen molar-refractivity contribution in [1.29, 1.82) is 0 Å². The van der Waals surface area contributed by atoms with Gasteiger partial charge in [-0.1, -0.05) is 18.3 Å². The number of thiocarbonyl (C=S) groups is 1. The van der Waals surface area contributed by atoms with Crippen LogP contribution in [0.1, 0.15) is 31.2 Å². The van der Waals surface area contributed by atoms with Crippen LogP contribution in [0.2, 0.25) is 0 Å². The number of carbonyl (C=O) groups is 1. The largest absolute Gasteiger partial charge is 0.389 e. The standard InChI is InChI=1S/C14H15F3N2OS/c15-9-2-1-3-10(11(9)12(18)21)19-13(20)8-4-6-14(16,17)7-5-8/h1-3,8H,4-7H2,(H2,18,21)(H,19,20). The highest BCUT2D eigenvalue weighted by atomic mass is 32.1. The Hall–Kier alpha value is -1.63. The van der Waals surface area contributed by atoms with Crippen molar-refractivity contribution in [2.24, 2.45) is 11.7 Å². The first kappa shape index (κ1) is 15.8. The minimum Gasteiger partial charge on any atom is -0.389 e. The van der Waals surface area contributed by atoms with E-state index in [1.807, 2.05) is 0 Å². The van der Waals surface area contributed by atoms with Crippen LogP contribution in [0.15, 0.2) is 18.2 Å². The molecule has 7 heteroatoms. The highest BCUT2D eigenvalue weighted by Gasteiger charge is 2.37. The Morgan fingerprint density at radius 1 is 1.33 bits per heavy atom. The molecule has 1 aliphatic carbocycles. The number of amides is 1. The summed E-state index contributed by atoms with van der Waals surface area (Å²) in [6.07, 6.45) is -0.403. The van der Waals surface area contributed by atoms with Gasteiger partial charge < -0.3 is 11.1 Å². The summed E-state index contributed by atoms with van der Waals surface area (Å²) in [5.74, 6) is -4.24. The summed E-state index contributed by atoms with van der Waals surface area (Å²) in [7, 11) is 0. The smallest absolute Gasteiger partial charge is 0.248 e. The van der Waals surface area contributed by atoms with Crippen LogP contribution in [-0.2, 0) is 4.79 Å². The molecule has 0 bridgehead atoms. The summed E-state index contributed by atoms with van der Waals surface area (Å²) in [5.41, 5.74) is 5.58. The molecule has 0 aliphatic heterocycles. The SMILES string of the molecule is NC(=S)c1c(F)cccc1NC(=O)C1CCC(F)(F)CC1. The van der Waals surface area contributed by atoms with E-state index in [0.29, 0.717) is 0 Å². The molecule has 21 heavy (non-hydrogen) atoms. The Balaban J connectivity index is 2.11. The van der Waals surface area contributed by atoms with Crippen LogP contribution in [0, 0.1) is 11.7 Å². The van der Waals surface area contributed by atoms with E-state index in [1.165, 1.54) is 18.2 Å². The van der Waals surface area contributed by atoms with Crippen LogP contribution in [0.3, 0.4) is 0 Å². The zero-order chi connectivity index (χ0) is 15.6. The minimum atomic E-state index is -2.69. The van der Waals surface area contributed by atoms with Gasteiger partial charge in [-0.05, 0) is 25.0 Å². The number of carbonyl (C=O) groups excluding carboxylic acids is 1. The predicted octanol–water partition coefficient (Wildman–Crippen LogP) is 3.22. The third-order valence-electron chi connectivity index (χ3n) is 3.61. The van der Waals surface area contributed by atoms with Gasteiger partial charge in [0.2, 0.25) is 11.8 Å². The van der Waals surface area contributed by atoms with Gasteiger partial charge >= 0.3 is 0 Å². The summed E-state index contributed by atoms with van der Waals surface area (Å²) in [5, 5.41) is 2.54. The van der Waals surface area contributed by atoms with Crippen LogP contribution < -0.4 is 11.1 Å². The van der Waals surface area contributed by atoms with E-state index >= 15 is 0 Å². The van der Waals surface area contributed by atoms with Crippen LogP contribution >= 0.6 is 12.2 Å². The Bertz CT molecular complexity index is 567. The molecule has 1 aromatic carbocycles. The van der Waals surface area contributed by atoms with Crippen molar-refractivity contribution in [1.82, 2.24) is 0 Å². The lowest BCUT2D eigenvalue weighted by Gasteiger charge is -2.27. The number of hydrogen-bond acceptors (Lipinski definition) is 2. The van der Waals surface area contributed by atoms with Crippen LogP contribution in [0.5, 0.6) is 0 Å². The first-order valence-electron chi connectivity index (χ1n) is 6.57. The Labute approximate surface area is 125 Å². The van der Waals surface area contributed by atoms with Crippen LogP contribution in [0.25, 0.3) is 0 Å².